The lowest BCUT2D eigenvalue weighted by atomic mass is 9.66. The average Bonchev–Trinajstić information content (AvgIpc) is 3.03. The Morgan fingerprint density at radius 3 is 2.29 bits per heavy atom. The van der Waals surface area contributed by atoms with Gasteiger partial charge in [-0.2, -0.15) is 0 Å². The van der Waals surface area contributed by atoms with Crippen LogP contribution in [0.25, 0.3) is 0 Å². The first-order valence-corrected chi connectivity index (χ1v) is 12.6. The molecule has 4 N–H and O–H groups in total. The minimum atomic E-state index is -0.805. The van der Waals surface area contributed by atoms with E-state index in [0.29, 0.717) is 6.54 Å². The molecule has 8 nitrogen and oxygen atoms in total. The number of amides is 2. The maximum absolute atomic E-state index is 12.5. The van der Waals surface area contributed by atoms with Crippen LogP contribution >= 0.6 is 0 Å². The number of carbonyl (C=O) groups is 2. The van der Waals surface area contributed by atoms with Gasteiger partial charge in [0.05, 0.1) is 13.1 Å². The van der Waals surface area contributed by atoms with E-state index in [1.807, 2.05) is 4.90 Å². The molecule has 4 rings (SSSR count). The highest BCUT2D eigenvalue weighted by Crippen LogP contribution is 2.51. The van der Waals surface area contributed by atoms with E-state index in [-0.39, 0.29) is 35.5 Å². The number of nitrogens with one attached hydrogen (secondary N) is 1. The molecule has 1 aliphatic heterocycles. The third-order valence-corrected chi connectivity index (χ3v) is 8.81. The van der Waals surface area contributed by atoms with E-state index < -0.39 is 12.3 Å². The van der Waals surface area contributed by atoms with Gasteiger partial charge in [0.25, 0.3) is 0 Å². The molecule has 1 saturated heterocycles. The van der Waals surface area contributed by atoms with Crippen LogP contribution in [-0.4, -0.2) is 83.8 Å². The van der Waals surface area contributed by atoms with Crippen molar-refractivity contribution in [2.24, 2.45) is 11.1 Å². The molecule has 0 bridgehead atoms. The van der Waals surface area contributed by atoms with Gasteiger partial charge in [-0.1, -0.05) is 43.7 Å². The van der Waals surface area contributed by atoms with Crippen molar-refractivity contribution >= 4 is 11.8 Å². The molecular weight excluding hydrogens is 430 g/mol. The fourth-order valence-corrected chi connectivity index (χ4v) is 6.47. The molecule has 188 valence electrons. The summed E-state index contributed by atoms with van der Waals surface area (Å²) in [4.78, 5) is 30.0. The fourth-order valence-electron chi connectivity index (χ4n) is 6.47. The van der Waals surface area contributed by atoms with Crippen molar-refractivity contribution in [3.05, 3.63) is 35.9 Å². The van der Waals surface area contributed by atoms with Gasteiger partial charge in [-0.05, 0) is 63.6 Å². The topological polar surface area (TPSA) is 102 Å². The molecule has 2 saturated carbocycles. The summed E-state index contributed by atoms with van der Waals surface area (Å²) in [5, 5.41) is 14.0. The van der Waals surface area contributed by atoms with E-state index in [0.717, 1.165) is 32.2 Å². The van der Waals surface area contributed by atoms with Crippen LogP contribution in [-0.2, 0) is 15.1 Å². The minimum absolute atomic E-state index is 0.0320. The van der Waals surface area contributed by atoms with Gasteiger partial charge < -0.3 is 16.2 Å². The molecule has 0 radical (unpaired) electrons. The van der Waals surface area contributed by atoms with Gasteiger partial charge in [0.2, 0.25) is 11.8 Å². The molecule has 8 heteroatoms. The quantitative estimate of drug-likeness (QED) is 0.530. The molecule has 1 atom stereocenters. The number of aliphatic hydroxyl groups is 1. The molecule has 0 aromatic heterocycles. The first-order chi connectivity index (χ1) is 16.1. The predicted molar refractivity (Wildman–Crippen MR) is 131 cm³/mol. The summed E-state index contributed by atoms with van der Waals surface area (Å²) in [6.45, 7) is 3.68. The molecule has 3 fully saturated rings. The van der Waals surface area contributed by atoms with Gasteiger partial charge in [0.1, 0.15) is 0 Å². The SMILES string of the molecule is CN(C)C1(c2ccccc2)CCC2(CC1)CN(CC(=O)NCC(N)=O)C(O)N2CC1(C)CCC1. The highest BCUT2D eigenvalue weighted by molar-refractivity contribution is 5.84. The Bertz CT molecular complexity index is 878. The summed E-state index contributed by atoms with van der Waals surface area (Å²) in [6, 6.07) is 10.7. The Labute approximate surface area is 203 Å². The normalized spacial score (nSPS) is 31.5. The largest absolute Gasteiger partial charge is 0.368 e. The summed E-state index contributed by atoms with van der Waals surface area (Å²) >= 11 is 0. The summed E-state index contributed by atoms with van der Waals surface area (Å²) < 4.78 is 0. The van der Waals surface area contributed by atoms with Gasteiger partial charge in [-0.3, -0.25) is 24.3 Å². The maximum Gasteiger partial charge on any atom is 0.236 e. The minimum Gasteiger partial charge on any atom is -0.368 e. The lowest BCUT2D eigenvalue weighted by Crippen LogP contribution is -2.58. The fraction of sp³-hybridized carbons (Fsp3) is 0.692. The highest BCUT2D eigenvalue weighted by atomic mass is 16.3. The van der Waals surface area contributed by atoms with Gasteiger partial charge in [0, 0.05) is 24.2 Å². The van der Waals surface area contributed by atoms with Gasteiger partial charge in [0.15, 0.2) is 6.35 Å². The number of rotatable bonds is 8. The number of carbonyl (C=O) groups excluding carboxylic acids is 2. The molecular formula is C26H41N5O3. The molecule has 1 unspecified atom stereocenters. The van der Waals surface area contributed by atoms with Gasteiger partial charge >= 0.3 is 0 Å². The van der Waals surface area contributed by atoms with Crippen LogP contribution in [0, 0.1) is 5.41 Å². The zero-order valence-corrected chi connectivity index (χ0v) is 20.9. The van der Waals surface area contributed by atoms with E-state index in [9.17, 15) is 14.7 Å². The zero-order valence-electron chi connectivity index (χ0n) is 20.9. The number of nitrogens with two attached hydrogens (primary N) is 1. The Morgan fingerprint density at radius 1 is 1.12 bits per heavy atom. The number of nitrogens with zero attached hydrogens (tertiary/aromatic N) is 3. The second kappa shape index (κ2) is 9.57. The zero-order chi connectivity index (χ0) is 24.6. The van der Waals surface area contributed by atoms with Crippen LogP contribution in [0.2, 0.25) is 0 Å². The average molecular weight is 472 g/mol. The van der Waals surface area contributed by atoms with E-state index in [2.05, 4.69) is 66.5 Å². The molecule has 1 aromatic carbocycles. The lowest BCUT2D eigenvalue weighted by molar-refractivity contribution is -0.134. The molecule has 1 heterocycles. The van der Waals surface area contributed by atoms with Crippen molar-refractivity contribution in [1.82, 2.24) is 20.0 Å². The van der Waals surface area contributed by atoms with Crippen LogP contribution in [0.4, 0.5) is 0 Å². The van der Waals surface area contributed by atoms with Gasteiger partial charge in [-0.15, -0.1) is 0 Å². The molecule has 1 spiro atoms. The molecule has 3 aliphatic rings. The Kier molecular flexibility index (Phi) is 7.06. The molecule has 34 heavy (non-hydrogen) atoms. The van der Waals surface area contributed by atoms with Crippen molar-refractivity contribution in [2.45, 2.75) is 69.3 Å². The number of hydrogen-bond acceptors (Lipinski definition) is 6. The number of benzene rings is 1. The Balaban J connectivity index is 1.55. The summed E-state index contributed by atoms with van der Waals surface area (Å²) in [6.07, 6.45) is 6.68. The van der Waals surface area contributed by atoms with E-state index in [1.54, 1.807) is 0 Å². The van der Waals surface area contributed by atoms with Crippen LogP contribution < -0.4 is 11.1 Å². The third-order valence-electron chi connectivity index (χ3n) is 8.81. The first kappa shape index (κ1) is 25.1. The molecule has 2 amide bonds. The van der Waals surface area contributed by atoms with Crippen LogP contribution in [0.3, 0.4) is 0 Å². The second-order valence-electron chi connectivity index (χ2n) is 11.3. The number of primary amides is 1. The monoisotopic (exact) mass is 471 g/mol. The van der Waals surface area contributed by atoms with Crippen LogP contribution in [0.15, 0.2) is 30.3 Å². The first-order valence-electron chi connectivity index (χ1n) is 12.6. The Hall–Kier alpha value is -2.00. The standard InChI is InChI=1S/C26H41N5O3/c1-24(10-7-11-24)18-31-23(34)30(17-22(33)28-16-21(27)32)19-25(31)12-14-26(15-13-25,29(2)3)20-8-5-4-6-9-20/h4-6,8-9,23,34H,7,10-19H2,1-3H3,(H2,27,32)(H,28,33). The summed E-state index contributed by atoms with van der Waals surface area (Å²) in [5.74, 6) is -0.855. The molecule has 2 aliphatic carbocycles. The number of aliphatic hydroxyl groups excluding tert-OH is 1. The predicted octanol–water partition coefficient (Wildman–Crippen LogP) is 1.44. The lowest BCUT2D eigenvalue weighted by Gasteiger charge is -2.53. The molecule has 1 aromatic rings. The van der Waals surface area contributed by atoms with E-state index in [1.165, 1.54) is 24.8 Å². The van der Waals surface area contributed by atoms with Crippen molar-refractivity contribution in [3.8, 4) is 0 Å². The van der Waals surface area contributed by atoms with Crippen molar-refractivity contribution in [1.29, 1.82) is 0 Å². The van der Waals surface area contributed by atoms with Crippen LogP contribution in [0.1, 0.15) is 57.4 Å². The highest BCUT2D eigenvalue weighted by Gasteiger charge is 2.56. The van der Waals surface area contributed by atoms with Crippen molar-refractivity contribution in [2.75, 3.05) is 40.3 Å². The van der Waals surface area contributed by atoms with E-state index in [4.69, 9.17) is 5.73 Å². The van der Waals surface area contributed by atoms with E-state index >= 15 is 0 Å². The maximum atomic E-state index is 12.5. The van der Waals surface area contributed by atoms with Crippen molar-refractivity contribution < 1.29 is 14.7 Å². The number of hydrogen-bond donors (Lipinski definition) is 3. The third kappa shape index (κ3) is 4.73. The smallest absolute Gasteiger partial charge is 0.236 e. The summed E-state index contributed by atoms with van der Waals surface area (Å²) in [5.41, 5.74) is 6.53. The second-order valence-corrected chi connectivity index (χ2v) is 11.3. The van der Waals surface area contributed by atoms with Crippen LogP contribution in [0.5, 0.6) is 0 Å². The summed E-state index contributed by atoms with van der Waals surface area (Å²) in [7, 11) is 4.33. The van der Waals surface area contributed by atoms with Gasteiger partial charge in [-0.25, -0.2) is 0 Å². The van der Waals surface area contributed by atoms with Crippen molar-refractivity contribution in [3.63, 3.8) is 0 Å². The Morgan fingerprint density at radius 2 is 1.76 bits per heavy atom.